The lowest BCUT2D eigenvalue weighted by molar-refractivity contribution is 0.368. The van der Waals surface area contributed by atoms with Gasteiger partial charge in [-0.1, -0.05) is 6.07 Å². The zero-order valence-electron chi connectivity index (χ0n) is 10.6. The van der Waals surface area contributed by atoms with E-state index in [-0.39, 0.29) is 11.5 Å². The van der Waals surface area contributed by atoms with Gasteiger partial charge in [0.15, 0.2) is 6.61 Å². The number of benzene rings is 1. The zero-order chi connectivity index (χ0) is 14.6. The van der Waals surface area contributed by atoms with Crippen LogP contribution in [0.4, 0.5) is 5.69 Å². The fourth-order valence-electron chi connectivity index (χ4n) is 1.59. The van der Waals surface area contributed by atoms with Crippen LogP contribution in [-0.2, 0) is 10.0 Å². The summed E-state index contributed by atoms with van der Waals surface area (Å²) in [4.78, 5) is 0.0841. The third-order valence-corrected chi connectivity index (χ3v) is 3.96. The molecule has 0 saturated heterocycles. The van der Waals surface area contributed by atoms with Crippen LogP contribution in [-0.4, -0.2) is 25.2 Å². The molecule has 0 amide bonds. The van der Waals surface area contributed by atoms with Crippen LogP contribution in [0.25, 0.3) is 0 Å². The molecule has 1 aromatic heterocycles. The summed E-state index contributed by atoms with van der Waals surface area (Å²) < 4.78 is 31.8. The van der Waals surface area contributed by atoms with Crippen molar-refractivity contribution in [1.29, 1.82) is 5.26 Å². The monoisotopic (exact) mass is 292 g/mol. The van der Waals surface area contributed by atoms with Crippen LogP contribution in [0.5, 0.6) is 5.75 Å². The van der Waals surface area contributed by atoms with Gasteiger partial charge in [-0.25, -0.2) is 8.42 Å². The summed E-state index contributed by atoms with van der Waals surface area (Å²) in [6.07, 6.45) is 1.24. The van der Waals surface area contributed by atoms with E-state index in [2.05, 4.69) is 14.9 Å². The van der Waals surface area contributed by atoms with E-state index in [4.69, 9.17) is 10.00 Å². The number of ether oxygens (including phenoxy) is 1. The van der Waals surface area contributed by atoms with Crippen molar-refractivity contribution in [2.45, 2.75) is 11.8 Å². The Hall–Kier alpha value is -2.53. The van der Waals surface area contributed by atoms with E-state index in [0.29, 0.717) is 17.1 Å². The van der Waals surface area contributed by atoms with Crippen molar-refractivity contribution in [1.82, 2.24) is 10.2 Å². The van der Waals surface area contributed by atoms with Crippen molar-refractivity contribution in [2.75, 3.05) is 11.3 Å². The third-order valence-electron chi connectivity index (χ3n) is 2.46. The van der Waals surface area contributed by atoms with Gasteiger partial charge >= 0.3 is 0 Å². The Morgan fingerprint density at radius 3 is 2.95 bits per heavy atom. The van der Waals surface area contributed by atoms with Crippen molar-refractivity contribution >= 4 is 15.7 Å². The molecule has 0 fully saturated rings. The molecule has 1 heterocycles. The molecule has 20 heavy (non-hydrogen) atoms. The van der Waals surface area contributed by atoms with Gasteiger partial charge in [-0.2, -0.15) is 10.4 Å². The van der Waals surface area contributed by atoms with Crippen LogP contribution < -0.4 is 9.46 Å². The minimum atomic E-state index is -3.70. The summed E-state index contributed by atoms with van der Waals surface area (Å²) >= 11 is 0. The number of rotatable bonds is 5. The van der Waals surface area contributed by atoms with Gasteiger partial charge in [-0.3, -0.25) is 9.82 Å². The fourth-order valence-corrected chi connectivity index (χ4v) is 2.77. The van der Waals surface area contributed by atoms with Crippen molar-refractivity contribution in [3.8, 4) is 11.8 Å². The number of nitrogens with zero attached hydrogens (tertiary/aromatic N) is 2. The largest absolute Gasteiger partial charge is 0.479 e. The van der Waals surface area contributed by atoms with E-state index >= 15 is 0 Å². The number of H-pyrrole nitrogens is 1. The van der Waals surface area contributed by atoms with Gasteiger partial charge in [0, 0.05) is 6.07 Å². The summed E-state index contributed by atoms with van der Waals surface area (Å²) in [5.41, 5.74) is 0.801. The average molecular weight is 292 g/mol. The molecule has 0 bridgehead atoms. The SMILES string of the molecule is Cc1[nH]ncc1S(=O)(=O)Nc1cccc(OCC#N)c1. The average Bonchev–Trinajstić information content (AvgIpc) is 2.83. The molecule has 0 aliphatic carbocycles. The molecule has 2 rings (SSSR count). The molecule has 0 spiro atoms. The Kier molecular flexibility index (Phi) is 3.91. The van der Waals surface area contributed by atoms with Crippen LogP contribution in [0.2, 0.25) is 0 Å². The second-order valence-corrected chi connectivity index (χ2v) is 5.59. The third kappa shape index (κ3) is 3.07. The number of nitriles is 1. The van der Waals surface area contributed by atoms with Crippen LogP contribution in [0.1, 0.15) is 5.69 Å². The molecule has 0 unspecified atom stereocenters. The van der Waals surface area contributed by atoms with Crippen LogP contribution in [0.15, 0.2) is 35.4 Å². The Morgan fingerprint density at radius 2 is 2.30 bits per heavy atom. The van der Waals surface area contributed by atoms with Gasteiger partial charge in [-0.15, -0.1) is 0 Å². The molecule has 2 aromatic rings. The van der Waals surface area contributed by atoms with Crippen molar-refractivity contribution < 1.29 is 13.2 Å². The van der Waals surface area contributed by atoms with Crippen LogP contribution in [0, 0.1) is 18.3 Å². The molecule has 2 N–H and O–H groups in total. The highest BCUT2D eigenvalue weighted by molar-refractivity contribution is 7.92. The molecule has 104 valence electrons. The standard InChI is InChI=1S/C12H12N4O3S/c1-9-12(8-14-15-9)20(17,18)16-10-3-2-4-11(7-10)19-6-5-13/h2-4,7-8,16H,6H2,1H3,(H,14,15). The Morgan fingerprint density at radius 1 is 1.50 bits per heavy atom. The van der Waals surface area contributed by atoms with Gasteiger partial charge in [0.2, 0.25) is 0 Å². The van der Waals surface area contributed by atoms with Gasteiger partial charge in [0.05, 0.1) is 17.6 Å². The maximum absolute atomic E-state index is 12.1. The number of anilines is 1. The quantitative estimate of drug-likeness (QED) is 0.866. The van der Waals surface area contributed by atoms with Crippen molar-refractivity contribution in [2.24, 2.45) is 0 Å². The second kappa shape index (κ2) is 5.63. The Labute approximate surface area is 116 Å². The molecule has 0 radical (unpaired) electrons. The van der Waals surface area contributed by atoms with Crippen LogP contribution in [0.3, 0.4) is 0 Å². The van der Waals surface area contributed by atoms with E-state index < -0.39 is 10.0 Å². The predicted molar refractivity (Wildman–Crippen MR) is 71.7 cm³/mol. The van der Waals surface area contributed by atoms with Crippen molar-refractivity contribution in [3.05, 3.63) is 36.2 Å². The summed E-state index contributed by atoms with van der Waals surface area (Å²) in [5.74, 6) is 0.413. The number of aromatic amines is 1. The summed E-state index contributed by atoms with van der Waals surface area (Å²) in [6, 6.07) is 8.20. The number of hydrogen-bond acceptors (Lipinski definition) is 5. The summed E-state index contributed by atoms with van der Waals surface area (Å²) in [5, 5.41) is 14.7. The highest BCUT2D eigenvalue weighted by Gasteiger charge is 2.18. The molecule has 0 saturated carbocycles. The molecule has 0 aliphatic rings. The van der Waals surface area contributed by atoms with Crippen molar-refractivity contribution in [3.63, 3.8) is 0 Å². The maximum atomic E-state index is 12.1. The van der Waals surface area contributed by atoms with Crippen LogP contribution >= 0.6 is 0 Å². The van der Waals surface area contributed by atoms with Gasteiger partial charge in [0.25, 0.3) is 10.0 Å². The highest BCUT2D eigenvalue weighted by atomic mass is 32.2. The van der Waals surface area contributed by atoms with E-state index in [0.717, 1.165) is 0 Å². The Bertz CT molecular complexity index is 746. The zero-order valence-corrected chi connectivity index (χ0v) is 11.4. The van der Waals surface area contributed by atoms with Gasteiger partial charge in [-0.05, 0) is 19.1 Å². The molecule has 0 atom stereocenters. The minimum absolute atomic E-state index is 0.0841. The van der Waals surface area contributed by atoms with E-state index in [1.54, 1.807) is 25.1 Å². The molecule has 8 heteroatoms. The molecule has 1 aromatic carbocycles. The lowest BCUT2D eigenvalue weighted by atomic mass is 10.3. The molecule has 0 aliphatic heterocycles. The first kappa shape index (κ1) is 13.9. The van der Waals surface area contributed by atoms with E-state index in [9.17, 15) is 8.42 Å². The number of aryl methyl sites for hydroxylation is 1. The first-order valence-corrected chi connectivity index (χ1v) is 7.14. The summed E-state index contributed by atoms with van der Waals surface area (Å²) in [7, 11) is -3.70. The molecular formula is C12H12N4O3S. The predicted octanol–water partition coefficient (Wildman–Crippen LogP) is 1.42. The topological polar surface area (TPSA) is 108 Å². The minimum Gasteiger partial charge on any atom is -0.479 e. The molecular weight excluding hydrogens is 280 g/mol. The molecule has 7 nitrogen and oxygen atoms in total. The van der Waals surface area contributed by atoms with Gasteiger partial charge in [0.1, 0.15) is 16.7 Å². The maximum Gasteiger partial charge on any atom is 0.265 e. The van der Waals surface area contributed by atoms with Gasteiger partial charge < -0.3 is 4.74 Å². The smallest absolute Gasteiger partial charge is 0.265 e. The van der Waals surface area contributed by atoms with E-state index in [1.807, 2.05) is 6.07 Å². The lowest BCUT2D eigenvalue weighted by Crippen LogP contribution is -2.13. The number of sulfonamides is 1. The first-order chi connectivity index (χ1) is 9.53. The normalized spacial score (nSPS) is 10.8. The number of hydrogen-bond donors (Lipinski definition) is 2. The highest BCUT2D eigenvalue weighted by Crippen LogP contribution is 2.21. The summed E-state index contributed by atoms with van der Waals surface area (Å²) in [6.45, 7) is 1.52. The van der Waals surface area contributed by atoms with E-state index in [1.165, 1.54) is 12.3 Å². The second-order valence-electron chi connectivity index (χ2n) is 3.94. The fraction of sp³-hybridized carbons (Fsp3) is 0.167. The Balaban J connectivity index is 2.22. The lowest BCUT2D eigenvalue weighted by Gasteiger charge is -2.08. The number of aromatic nitrogens is 2. The first-order valence-electron chi connectivity index (χ1n) is 5.65. The number of nitrogens with one attached hydrogen (secondary N) is 2.